The zero-order chi connectivity index (χ0) is 13.4. The van der Waals surface area contributed by atoms with Gasteiger partial charge in [-0.15, -0.1) is 0 Å². The second-order valence-corrected chi connectivity index (χ2v) is 4.01. The van der Waals surface area contributed by atoms with Gasteiger partial charge in [0.05, 0.1) is 12.7 Å². The Balaban J connectivity index is 2.84. The fourth-order valence-electron chi connectivity index (χ4n) is 1.57. The molecule has 18 heavy (non-hydrogen) atoms. The van der Waals surface area contributed by atoms with E-state index in [9.17, 15) is 4.39 Å². The number of aliphatic hydroxyl groups is 1. The quantitative estimate of drug-likeness (QED) is 0.814. The lowest BCUT2D eigenvalue weighted by Gasteiger charge is -2.15. The molecule has 0 heterocycles. The van der Waals surface area contributed by atoms with Gasteiger partial charge in [-0.3, -0.25) is 0 Å². The summed E-state index contributed by atoms with van der Waals surface area (Å²) in [4.78, 5) is 0. The molecule has 0 spiro atoms. The first-order chi connectivity index (χ1) is 8.69. The van der Waals surface area contributed by atoms with Crippen LogP contribution in [0, 0.1) is 17.7 Å². The molecule has 1 N–H and O–H groups in total. The maximum atomic E-state index is 13.4. The van der Waals surface area contributed by atoms with Crippen LogP contribution in [0.2, 0.25) is 0 Å². The van der Waals surface area contributed by atoms with Crippen molar-refractivity contribution in [3.05, 3.63) is 29.6 Å². The van der Waals surface area contributed by atoms with Crippen LogP contribution in [0.25, 0.3) is 0 Å². The number of ether oxygens (including phenoxy) is 1. The molecule has 0 aliphatic carbocycles. The third-order valence-corrected chi connectivity index (χ3v) is 2.55. The molecule has 1 aromatic rings. The van der Waals surface area contributed by atoms with Crippen LogP contribution in [0.5, 0.6) is 5.75 Å². The molecule has 1 aromatic carbocycles. The van der Waals surface area contributed by atoms with Gasteiger partial charge in [0.15, 0.2) is 0 Å². The summed E-state index contributed by atoms with van der Waals surface area (Å²) in [7, 11) is 0. The maximum Gasteiger partial charge on any atom is 0.128 e. The van der Waals surface area contributed by atoms with Crippen molar-refractivity contribution >= 4 is 0 Å². The Bertz CT molecular complexity index is 428. The van der Waals surface area contributed by atoms with Gasteiger partial charge in [0.25, 0.3) is 0 Å². The minimum Gasteiger partial charge on any atom is -0.490 e. The fourth-order valence-corrected chi connectivity index (χ4v) is 1.57. The molecule has 0 radical (unpaired) electrons. The van der Waals surface area contributed by atoms with E-state index in [4.69, 9.17) is 9.84 Å². The molecule has 0 aliphatic heterocycles. The standard InChI is InChI=1S/C15H19FO2/c1-3-14(4-2)18-15-10-12(7-5-6-8-17)9-13(16)11-15/h9-11,14,17H,3-4,6,8H2,1-2H3. The topological polar surface area (TPSA) is 29.5 Å². The molecule has 1 rings (SSSR count). The van der Waals surface area contributed by atoms with Crippen LogP contribution in [-0.2, 0) is 0 Å². The van der Waals surface area contributed by atoms with Crippen molar-refractivity contribution in [3.63, 3.8) is 0 Å². The first-order valence-corrected chi connectivity index (χ1v) is 6.26. The molecule has 0 aliphatic rings. The maximum absolute atomic E-state index is 13.4. The molecule has 98 valence electrons. The summed E-state index contributed by atoms with van der Waals surface area (Å²) < 4.78 is 19.1. The van der Waals surface area contributed by atoms with Crippen LogP contribution in [0.15, 0.2) is 18.2 Å². The van der Waals surface area contributed by atoms with Gasteiger partial charge in [-0.2, -0.15) is 0 Å². The molecule has 0 fully saturated rings. The number of benzene rings is 1. The highest BCUT2D eigenvalue weighted by Gasteiger charge is 2.07. The number of rotatable bonds is 5. The van der Waals surface area contributed by atoms with Crippen LogP contribution >= 0.6 is 0 Å². The Labute approximate surface area is 108 Å². The van der Waals surface area contributed by atoms with Gasteiger partial charge in [0.2, 0.25) is 0 Å². The SMILES string of the molecule is CCC(CC)Oc1cc(F)cc(C#CCCO)c1. The minimum atomic E-state index is -0.355. The van der Waals surface area contributed by atoms with Gasteiger partial charge < -0.3 is 9.84 Å². The Morgan fingerprint density at radius 2 is 2.00 bits per heavy atom. The molecule has 2 nitrogen and oxygen atoms in total. The summed E-state index contributed by atoms with van der Waals surface area (Å²) in [5.74, 6) is 5.73. The Hall–Kier alpha value is -1.53. The van der Waals surface area contributed by atoms with Gasteiger partial charge >= 0.3 is 0 Å². The number of aliphatic hydroxyl groups excluding tert-OH is 1. The molecule has 0 bridgehead atoms. The molecular formula is C15H19FO2. The van der Waals surface area contributed by atoms with E-state index < -0.39 is 0 Å². The molecule has 0 atom stereocenters. The van der Waals surface area contributed by atoms with Crippen molar-refractivity contribution < 1.29 is 14.2 Å². The summed E-state index contributed by atoms with van der Waals surface area (Å²) in [6.45, 7) is 4.09. The lowest BCUT2D eigenvalue weighted by molar-refractivity contribution is 0.192. The molecule has 0 aromatic heterocycles. The smallest absolute Gasteiger partial charge is 0.128 e. The first-order valence-electron chi connectivity index (χ1n) is 6.26. The van der Waals surface area contributed by atoms with Gasteiger partial charge in [0, 0.05) is 18.1 Å². The van der Waals surface area contributed by atoms with Crippen LogP contribution in [0.4, 0.5) is 4.39 Å². The average molecular weight is 250 g/mol. The van der Waals surface area contributed by atoms with E-state index >= 15 is 0 Å². The van der Waals surface area contributed by atoms with Gasteiger partial charge in [0.1, 0.15) is 11.6 Å². The molecule has 0 saturated heterocycles. The van der Waals surface area contributed by atoms with E-state index in [2.05, 4.69) is 11.8 Å². The third kappa shape index (κ3) is 4.77. The summed E-state index contributed by atoms with van der Waals surface area (Å²) in [6.07, 6.45) is 2.26. The first kappa shape index (κ1) is 14.5. The zero-order valence-corrected chi connectivity index (χ0v) is 10.9. The Morgan fingerprint density at radius 1 is 1.28 bits per heavy atom. The number of hydrogen-bond donors (Lipinski definition) is 1. The predicted octanol–water partition coefficient (Wildman–Crippen LogP) is 3.13. The van der Waals surface area contributed by atoms with Crippen LogP contribution in [-0.4, -0.2) is 17.8 Å². The van der Waals surface area contributed by atoms with Crippen molar-refractivity contribution in [1.82, 2.24) is 0 Å². The highest BCUT2D eigenvalue weighted by molar-refractivity contribution is 5.40. The molecule has 3 heteroatoms. The molecule has 0 amide bonds. The number of hydrogen-bond acceptors (Lipinski definition) is 2. The Morgan fingerprint density at radius 3 is 2.61 bits per heavy atom. The summed E-state index contributed by atoms with van der Waals surface area (Å²) >= 11 is 0. The lowest BCUT2D eigenvalue weighted by Crippen LogP contribution is -2.13. The number of halogens is 1. The van der Waals surface area contributed by atoms with Crippen LogP contribution < -0.4 is 4.74 Å². The van der Waals surface area contributed by atoms with Crippen LogP contribution in [0.1, 0.15) is 38.7 Å². The Kier molecular flexibility index (Phi) is 6.24. The highest BCUT2D eigenvalue weighted by Crippen LogP contribution is 2.19. The minimum absolute atomic E-state index is 0.0133. The second-order valence-electron chi connectivity index (χ2n) is 4.01. The predicted molar refractivity (Wildman–Crippen MR) is 70.0 cm³/mol. The second kappa shape index (κ2) is 7.73. The normalized spacial score (nSPS) is 10.1. The monoisotopic (exact) mass is 250 g/mol. The third-order valence-electron chi connectivity index (χ3n) is 2.55. The summed E-state index contributed by atoms with van der Waals surface area (Å²) in [5, 5.41) is 8.63. The van der Waals surface area contributed by atoms with E-state index in [1.165, 1.54) is 12.1 Å². The zero-order valence-electron chi connectivity index (χ0n) is 10.9. The van der Waals surface area contributed by atoms with Gasteiger partial charge in [-0.05, 0) is 25.0 Å². The highest BCUT2D eigenvalue weighted by atomic mass is 19.1. The fraction of sp³-hybridized carbons (Fsp3) is 0.467. The van der Waals surface area contributed by atoms with Crippen molar-refractivity contribution in [2.24, 2.45) is 0 Å². The van der Waals surface area contributed by atoms with Gasteiger partial charge in [-0.1, -0.05) is 25.7 Å². The largest absolute Gasteiger partial charge is 0.490 e. The van der Waals surface area contributed by atoms with E-state index in [-0.39, 0.29) is 18.5 Å². The van der Waals surface area contributed by atoms with Crippen molar-refractivity contribution in [2.45, 2.75) is 39.2 Å². The van der Waals surface area contributed by atoms with Gasteiger partial charge in [-0.25, -0.2) is 4.39 Å². The van der Waals surface area contributed by atoms with E-state index in [0.717, 1.165) is 12.8 Å². The average Bonchev–Trinajstić information content (AvgIpc) is 2.35. The van der Waals surface area contributed by atoms with E-state index in [1.807, 2.05) is 13.8 Å². The molecular weight excluding hydrogens is 231 g/mol. The van der Waals surface area contributed by atoms with Crippen molar-refractivity contribution in [3.8, 4) is 17.6 Å². The summed E-state index contributed by atoms with van der Waals surface area (Å²) in [5.41, 5.74) is 0.574. The molecule has 0 unspecified atom stereocenters. The van der Waals surface area contributed by atoms with E-state index in [0.29, 0.717) is 17.7 Å². The van der Waals surface area contributed by atoms with Crippen LogP contribution in [0.3, 0.4) is 0 Å². The molecule has 0 saturated carbocycles. The van der Waals surface area contributed by atoms with Crippen molar-refractivity contribution in [1.29, 1.82) is 0 Å². The summed E-state index contributed by atoms with van der Waals surface area (Å²) in [6, 6.07) is 4.46. The van der Waals surface area contributed by atoms with E-state index in [1.54, 1.807) is 6.07 Å². The van der Waals surface area contributed by atoms with Crippen molar-refractivity contribution in [2.75, 3.05) is 6.61 Å². The lowest BCUT2D eigenvalue weighted by atomic mass is 10.2.